The van der Waals surface area contributed by atoms with E-state index in [-0.39, 0.29) is 41.7 Å². The number of methoxy groups -OCH3 is 1. The smallest absolute Gasteiger partial charge is 0.339 e. The summed E-state index contributed by atoms with van der Waals surface area (Å²) in [6.07, 6.45) is 0. The van der Waals surface area contributed by atoms with Gasteiger partial charge in [-0.3, -0.25) is 9.69 Å². The van der Waals surface area contributed by atoms with Crippen LogP contribution in [0.1, 0.15) is 29.8 Å². The van der Waals surface area contributed by atoms with Crippen molar-refractivity contribution in [2.24, 2.45) is 0 Å². The number of halogens is 1. The van der Waals surface area contributed by atoms with Gasteiger partial charge in [-0.05, 0) is 43.7 Å². The number of carboxylic acid groups (broad SMARTS) is 1. The standard InChI is InChI=1S/C23H27FN2O5/c1-15-12-26(16(2)11-25(15)13-17-4-6-18(24)7-5-17)22(27)14-31-21-10-19(30-3)8-9-20(21)23(28)29/h4-10,15-16H,11-14H2,1-3H3,(H,28,29)/t15-,16+/m1/s1. The van der Waals surface area contributed by atoms with Crippen molar-refractivity contribution in [3.05, 3.63) is 59.4 Å². The Morgan fingerprint density at radius 2 is 1.81 bits per heavy atom. The first kappa shape index (κ1) is 22.6. The summed E-state index contributed by atoms with van der Waals surface area (Å²) >= 11 is 0. The maximum Gasteiger partial charge on any atom is 0.339 e. The number of amides is 1. The first-order chi connectivity index (χ1) is 14.8. The average Bonchev–Trinajstić information content (AvgIpc) is 2.75. The van der Waals surface area contributed by atoms with Gasteiger partial charge in [0.2, 0.25) is 0 Å². The molecule has 8 heteroatoms. The van der Waals surface area contributed by atoms with Crippen LogP contribution in [0, 0.1) is 5.82 Å². The largest absolute Gasteiger partial charge is 0.497 e. The SMILES string of the molecule is COc1ccc(C(=O)O)c(OCC(=O)N2C[C@@H](C)N(Cc3ccc(F)cc3)C[C@@H]2C)c1. The van der Waals surface area contributed by atoms with Crippen LogP contribution < -0.4 is 9.47 Å². The Kier molecular flexibility index (Phi) is 7.12. The topological polar surface area (TPSA) is 79.3 Å². The first-order valence-corrected chi connectivity index (χ1v) is 10.1. The van der Waals surface area contributed by atoms with Gasteiger partial charge in [0.25, 0.3) is 5.91 Å². The maximum atomic E-state index is 13.1. The molecule has 0 bridgehead atoms. The van der Waals surface area contributed by atoms with E-state index >= 15 is 0 Å². The molecule has 2 aromatic rings. The number of hydrogen-bond donors (Lipinski definition) is 1. The van der Waals surface area contributed by atoms with Gasteiger partial charge in [0.1, 0.15) is 22.9 Å². The molecule has 1 saturated heterocycles. The Morgan fingerprint density at radius 3 is 2.45 bits per heavy atom. The quantitative estimate of drug-likeness (QED) is 0.728. The van der Waals surface area contributed by atoms with Crippen LogP contribution >= 0.6 is 0 Å². The minimum Gasteiger partial charge on any atom is -0.497 e. The fourth-order valence-electron chi connectivity index (χ4n) is 3.74. The lowest BCUT2D eigenvalue weighted by Gasteiger charge is -2.44. The van der Waals surface area contributed by atoms with Gasteiger partial charge in [0.05, 0.1) is 7.11 Å². The Labute approximate surface area is 181 Å². The molecule has 0 saturated carbocycles. The second-order valence-electron chi connectivity index (χ2n) is 7.76. The summed E-state index contributed by atoms with van der Waals surface area (Å²) < 4.78 is 23.8. The van der Waals surface area contributed by atoms with Gasteiger partial charge < -0.3 is 19.5 Å². The number of hydrogen-bond acceptors (Lipinski definition) is 5. The summed E-state index contributed by atoms with van der Waals surface area (Å²) in [5.41, 5.74) is 0.988. The number of ether oxygens (including phenoxy) is 2. The van der Waals surface area contributed by atoms with Crippen molar-refractivity contribution in [3.63, 3.8) is 0 Å². The highest BCUT2D eigenvalue weighted by Crippen LogP contribution is 2.25. The third kappa shape index (κ3) is 5.52. The fraction of sp³-hybridized carbons (Fsp3) is 0.391. The molecule has 0 radical (unpaired) electrons. The monoisotopic (exact) mass is 430 g/mol. The van der Waals surface area contributed by atoms with E-state index in [9.17, 15) is 19.1 Å². The van der Waals surface area contributed by atoms with E-state index in [1.807, 2.05) is 13.8 Å². The van der Waals surface area contributed by atoms with Crippen LogP contribution in [-0.2, 0) is 11.3 Å². The first-order valence-electron chi connectivity index (χ1n) is 10.1. The fourth-order valence-corrected chi connectivity index (χ4v) is 3.74. The lowest BCUT2D eigenvalue weighted by Crippen LogP contribution is -2.58. The number of nitrogens with zero attached hydrogens (tertiary/aromatic N) is 2. The molecule has 31 heavy (non-hydrogen) atoms. The summed E-state index contributed by atoms with van der Waals surface area (Å²) in [5.74, 6) is -1.07. The number of carbonyl (C=O) groups excluding carboxylic acids is 1. The molecule has 3 rings (SSSR count). The number of carboxylic acids is 1. The highest BCUT2D eigenvalue weighted by molar-refractivity contribution is 5.91. The maximum absolute atomic E-state index is 13.1. The third-order valence-corrected chi connectivity index (χ3v) is 5.50. The van der Waals surface area contributed by atoms with Crippen LogP contribution in [0.2, 0.25) is 0 Å². The molecule has 1 aliphatic rings. The van der Waals surface area contributed by atoms with Gasteiger partial charge in [-0.1, -0.05) is 12.1 Å². The van der Waals surface area contributed by atoms with Crippen LogP contribution in [0.25, 0.3) is 0 Å². The van der Waals surface area contributed by atoms with Crippen molar-refractivity contribution < 1.29 is 28.6 Å². The van der Waals surface area contributed by atoms with E-state index in [1.165, 1.54) is 37.4 Å². The van der Waals surface area contributed by atoms with Crippen LogP contribution in [0.3, 0.4) is 0 Å². The zero-order valence-corrected chi connectivity index (χ0v) is 17.9. The van der Waals surface area contributed by atoms with Crippen molar-refractivity contribution >= 4 is 11.9 Å². The molecule has 166 valence electrons. The van der Waals surface area contributed by atoms with Gasteiger partial charge in [-0.25, -0.2) is 9.18 Å². The highest BCUT2D eigenvalue weighted by atomic mass is 19.1. The molecular formula is C23H27FN2O5. The Bertz CT molecular complexity index is 934. The number of carbonyl (C=O) groups is 2. The lowest BCUT2D eigenvalue weighted by molar-refractivity contribution is -0.139. The van der Waals surface area contributed by atoms with E-state index < -0.39 is 5.97 Å². The molecule has 1 amide bonds. The van der Waals surface area contributed by atoms with E-state index in [0.29, 0.717) is 25.4 Å². The molecule has 1 fully saturated rings. The van der Waals surface area contributed by atoms with Gasteiger partial charge in [0.15, 0.2) is 6.61 Å². The second kappa shape index (κ2) is 9.78. The van der Waals surface area contributed by atoms with Crippen LogP contribution in [0.5, 0.6) is 11.5 Å². The normalized spacial score (nSPS) is 19.2. The van der Waals surface area contributed by atoms with E-state index in [2.05, 4.69) is 4.90 Å². The predicted octanol–water partition coefficient (Wildman–Crippen LogP) is 3.03. The van der Waals surface area contributed by atoms with E-state index in [0.717, 1.165) is 5.56 Å². The molecule has 0 aromatic heterocycles. The molecule has 7 nitrogen and oxygen atoms in total. The molecule has 0 aliphatic carbocycles. The van der Waals surface area contributed by atoms with E-state index in [4.69, 9.17) is 9.47 Å². The Balaban J connectivity index is 1.62. The van der Waals surface area contributed by atoms with Gasteiger partial charge >= 0.3 is 5.97 Å². The molecular weight excluding hydrogens is 403 g/mol. The van der Waals surface area contributed by atoms with Gasteiger partial charge in [-0.15, -0.1) is 0 Å². The zero-order valence-electron chi connectivity index (χ0n) is 17.9. The van der Waals surface area contributed by atoms with E-state index in [1.54, 1.807) is 17.0 Å². The zero-order chi connectivity index (χ0) is 22.5. The number of aromatic carboxylic acids is 1. The van der Waals surface area contributed by atoms with Crippen LogP contribution in [-0.4, -0.2) is 65.7 Å². The van der Waals surface area contributed by atoms with Gasteiger partial charge in [0, 0.05) is 37.8 Å². The van der Waals surface area contributed by atoms with Gasteiger partial charge in [-0.2, -0.15) is 0 Å². The summed E-state index contributed by atoms with van der Waals surface area (Å²) in [6.45, 7) is 5.62. The van der Waals surface area contributed by atoms with Crippen LogP contribution in [0.4, 0.5) is 4.39 Å². The average molecular weight is 430 g/mol. The minimum absolute atomic E-state index is 0.0286. The Hall–Kier alpha value is -3.13. The van der Waals surface area contributed by atoms with Crippen molar-refractivity contribution in [1.29, 1.82) is 0 Å². The highest BCUT2D eigenvalue weighted by Gasteiger charge is 2.32. The van der Waals surface area contributed by atoms with Crippen molar-refractivity contribution in [2.75, 3.05) is 26.8 Å². The summed E-state index contributed by atoms with van der Waals surface area (Å²) in [5, 5.41) is 9.34. The van der Waals surface area contributed by atoms with Crippen molar-refractivity contribution in [2.45, 2.75) is 32.5 Å². The molecule has 2 atom stereocenters. The molecule has 1 aliphatic heterocycles. The molecule has 1 N–H and O–H groups in total. The van der Waals surface area contributed by atoms with Crippen molar-refractivity contribution in [3.8, 4) is 11.5 Å². The summed E-state index contributed by atoms with van der Waals surface area (Å²) in [6, 6.07) is 10.9. The number of rotatable bonds is 7. The molecule has 1 heterocycles. The summed E-state index contributed by atoms with van der Waals surface area (Å²) in [4.78, 5) is 28.3. The summed E-state index contributed by atoms with van der Waals surface area (Å²) in [7, 11) is 1.47. The van der Waals surface area contributed by atoms with Crippen LogP contribution in [0.15, 0.2) is 42.5 Å². The molecule has 0 spiro atoms. The second-order valence-corrected chi connectivity index (χ2v) is 7.76. The molecule has 0 unspecified atom stereocenters. The van der Waals surface area contributed by atoms with Crippen molar-refractivity contribution in [1.82, 2.24) is 9.80 Å². The minimum atomic E-state index is -1.14. The third-order valence-electron chi connectivity index (χ3n) is 5.50. The lowest BCUT2D eigenvalue weighted by atomic mass is 10.1. The number of benzene rings is 2. The predicted molar refractivity (Wildman–Crippen MR) is 113 cm³/mol. The Morgan fingerprint density at radius 1 is 1.10 bits per heavy atom. The number of piperazine rings is 1. The molecule has 2 aromatic carbocycles.